The molecule has 0 unspecified atom stereocenters. The number of hydrogen-bond donors (Lipinski definition) is 3. The Kier molecular flexibility index (Phi) is 3.90. The third-order valence-electron chi connectivity index (χ3n) is 2.37. The molecule has 0 fully saturated rings. The molecule has 3 N–H and O–H groups in total. The Bertz CT molecular complexity index is 492. The van der Waals surface area contributed by atoms with Crippen LogP contribution in [0.1, 0.15) is 23.1 Å². The van der Waals surface area contributed by atoms with Gasteiger partial charge in [-0.05, 0) is 19.1 Å². The van der Waals surface area contributed by atoms with Gasteiger partial charge in [-0.2, -0.15) is 0 Å². The number of nitrogens with zero attached hydrogens (tertiary/aromatic N) is 2. The van der Waals surface area contributed by atoms with Crippen molar-refractivity contribution in [3.05, 3.63) is 42.2 Å². The molecule has 0 aliphatic carbocycles. The minimum atomic E-state index is -0.201. The van der Waals surface area contributed by atoms with Gasteiger partial charge in [-0.1, -0.05) is 0 Å². The van der Waals surface area contributed by atoms with Crippen LogP contribution in [0.4, 0.5) is 5.69 Å². The van der Waals surface area contributed by atoms with Crippen LogP contribution < -0.4 is 10.6 Å². The van der Waals surface area contributed by atoms with Gasteiger partial charge in [0.15, 0.2) is 0 Å². The first kappa shape index (κ1) is 12.1. The molecule has 0 atom stereocenters. The lowest BCUT2D eigenvalue weighted by Gasteiger charge is -2.05. The molecule has 0 bridgehead atoms. The number of nitrogens with one attached hydrogen (secondary N) is 3. The molecular weight excluding hydrogens is 230 g/mol. The summed E-state index contributed by atoms with van der Waals surface area (Å²) in [6.45, 7) is 3.24. The first-order valence-corrected chi connectivity index (χ1v) is 5.75. The predicted molar refractivity (Wildman–Crippen MR) is 68.2 cm³/mol. The smallest absolute Gasteiger partial charge is 0.270 e. The highest BCUT2D eigenvalue weighted by molar-refractivity contribution is 5.92. The fourth-order valence-corrected chi connectivity index (χ4v) is 1.48. The molecule has 0 aromatic carbocycles. The van der Waals surface area contributed by atoms with Crippen LogP contribution in [-0.4, -0.2) is 27.4 Å². The molecule has 2 aromatic heterocycles. The van der Waals surface area contributed by atoms with E-state index in [1.165, 1.54) is 0 Å². The van der Waals surface area contributed by atoms with Crippen LogP contribution in [0.5, 0.6) is 0 Å². The van der Waals surface area contributed by atoms with Crippen molar-refractivity contribution in [3.8, 4) is 0 Å². The van der Waals surface area contributed by atoms with E-state index in [2.05, 4.69) is 25.6 Å². The molecule has 0 saturated carbocycles. The third-order valence-corrected chi connectivity index (χ3v) is 2.37. The van der Waals surface area contributed by atoms with Crippen molar-refractivity contribution < 1.29 is 4.79 Å². The van der Waals surface area contributed by atoms with Gasteiger partial charge in [0.05, 0.1) is 30.5 Å². The zero-order valence-corrected chi connectivity index (χ0v) is 10.1. The van der Waals surface area contributed by atoms with E-state index in [1.807, 2.05) is 13.0 Å². The van der Waals surface area contributed by atoms with Crippen molar-refractivity contribution in [2.45, 2.75) is 13.5 Å². The van der Waals surface area contributed by atoms with Gasteiger partial charge >= 0.3 is 0 Å². The molecule has 6 heteroatoms. The Morgan fingerprint density at radius 3 is 2.89 bits per heavy atom. The SMILES string of the molecule is CCNc1ccc(C(=O)NCc2cnc[nH]2)nc1. The summed E-state index contributed by atoms with van der Waals surface area (Å²) in [5.41, 5.74) is 2.16. The molecular formula is C12H15N5O. The molecule has 6 nitrogen and oxygen atoms in total. The largest absolute Gasteiger partial charge is 0.384 e. The maximum absolute atomic E-state index is 11.8. The van der Waals surface area contributed by atoms with E-state index >= 15 is 0 Å². The van der Waals surface area contributed by atoms with Crippen LogP contribution in [0.3, 0.4) is 0 Å². The standard InChI is InChI=1S/C12H15N5O/c1-2-14-9-3-4-11(15-6-9)12(18)16-7-10-5-13-8-17-10/h3-6,8,14H,2,7H2,1H3,(H,13,17)(H,16,18). The van der Waals surface area contributed by atoms with E-state index in [0.717, 1.165) is 17.9 Å². The average Bonchev–Trinajstić information content (AvgIpc) is 2.90. The van der Waals surface area contributed by atoms with Crippen LogP contribution in [-0.2, 0) is 6.54 Å². The second-order valence-electron chi connectivity index (χ2n) is 3.72. The summed E-state index contributed by atoms with van der Waals surface area (Å²) < 4.78 is 0. The molecule has 0 aliphatic heterocycles. The number of rotatable bonds is 5. The second kappa shape index (κ2) is 5.81. The van der Waals surface area contributed by atoms with Crippen molar-refractivity contribution >= 4 is 11.6 Å². The number of anilines is 1. The summed E-state index contributed by atoms with van der Waals surface area (Å²) in [5, 5.41) is 5.88. The van der Waals surface area contributed by atoms with Crippen molar-refractivity contribution in [3.63, 3.8) is 0 Å². The molecule has 0 spiro atoms. The lowest BCUT2D eigenvalue weighted by Crippen LogP contribution is -2.23. The Balaban J connectivity index is 1.92. The fraction of sp³-hybridized carbons (Fsp3) is 0.250. The van der Waals surface area contributed by atoms with Gasteiger partial charge in [0.1, 0.15) is 5.69 Å². The first-order chi connectivity index (χ1) is 8.79. The van der Waals surface area contributed by atoms with Gasteiger partial charge in [0, 0.05) is 12.7 Å². The normalized spacial score (nSPS) is 10.1. The van der Waals surface area contributed by atoms with E-state index in [1.54, 1.807) is 24.8 Å². The summed E-state index contributed by atoms with van der Waals surface area (Å²) in [6, 6.07) is 3.53. The molecule has 2 rings (SSSR count). The number of carbonyl (C=O) groups excluding carboxylic acids is 1. The van der Waals surface area contributed by atoms with E-state index in [-0.39, 0.29) is 5.91 Å². The summed E-state index contributed by atoms with van der Waals surface area (Å²) in [5.74, 6) is -0.201. The van der Waals surface area contributed by atoms with Gasteiger partial charge in [-0.3, -0.25) is 4.79 Å². The summed E-state index contributed by atoms with van der Waals surface area (Å²) in [4.78, 5) is 22.7. The number of pyridine rings is 1. The fourth-order valence-electron chi connectivity index (χ4n) is 1.48. The molecule has 0 aliphatic rings. The van der Waals surface area contributed by atoms with Crippen molar-refractivity contribution in [2.75, 3.05) is 11.9 Å². The quantitative estimate of drug-likeness (QED) is 0.738. The summed E-state index contributed by atoms with van der Waals surface area (Å²) in [6.07, 6.45) is 4.89. The lowest BCUT2D eigenvalue weighted by atomic mass is 10.3. The Hall–Kier alpha value is -2.37. The van der Waals surface area contributed by atoms with E-state index in [9.17, 15) is 4.79 Å². The number of aromatic amines is 1. The average molecular weight is 245 g/mol. The zero-order valence-electron chi connectivity index (χ0n) is 10.1. The van der Waals surface area contributed by atoms with Crippen LogP contribution >= 0.6 is 0 Å². The maximum atomic E-state index is 11.8. The van der Waals surface area contributed by atoms with E-state index in [4.69, 9.17) is 0 Å². The summed E-state index contributed by atoms with van der Waals surface area (Å²) >= 11 is 0. The third kappa shape index (κ3) is 3.07. The van der Waals surface area contributed by atoms with Gasteiger partial charge in [0.2, 0.25) is 0 Å². The number of aromatic nitrogens is 3. The molecule has 94 valence electrons. The molecule has 18 heavy (non-hydrogen) atoms. The minimum Gasteiger partial charge on any atom is -0.384 e. The number of carbonyl (C=O) groups is 1. The van der Waals surface area contributed by atoms with Crippen molar-refractivity contribution in [2.24, 2.45) is 0 Å². The molecule has 2 aromatic rings. The number of H-pyrrole nitrogens is 1. The van der Waals surface area contributed by atoms with Gasteiger partial charge in [-0.15, -0.1) is 0 Å². The lowest BCUT2D eigenvalue weighted by molar-refractivity contribution is 0.0945. The Morgan fingerprint density at radius 1 is 1.39 bits per heavy atom. The highest BCUT2D eigenvalue weighted by Crippen LogP contribution is 2.05. The zero-order chi connectivity index (χ0) is 12.8. The number of amides is 1. The molecule has 0 saturated heterocycles. The molecule has 1 amide bonds. The minimum absolute atomic E-state index is 0.201. The van der Waals surface area contributed by atoms with Crippen LogP contribution in [0.2, 0.25) is 0 Å². The van der Waals surface area contributed by atoms with Crippen LogP contribution in [0.25, 0.3) is 0 Å². The van der Waals surface area contributed by atoms with Gasteiger partial charge in [-0.25, -0.2) is 9.97 Å². The van der Waals surface area contributed by atoms with Gasteiger partial charge in [0.25, 0.3) is 5.91 Å². The van der Waals surface area contributed by atoms with Crippen molar-refractivity contribution in [1.29, 1.82) is 0 Å². The topological polar surface area (TPSA) is 82.7 Å². The number of imidazole rings is 1. The molecule has 0 radical (unpaired) electrons. The summed E-state index contributed by atoms with van der Waals surface area (Å²) in [7, 11) is 0. The second-order valence-corrected chi connectivity index (χ2v) is 3.72. The van der Waals surface area contributed by atoms with Gasteiger partial charge < -0.3 is 15.6 Å². The maximum Gasteiger partial charge on any atom is 0.270 e. The van der Waals surface area contributed by atoms with Crippen molar-refractivity contribution in [1.82, 2.24) is 20.3 Å². The molecule has 2 heterocycles. The monoisotopic (exact) mass is 245 g/mol. The van der Waals surface area contributed by atoms with E-state index in [0.29, 0.717) is 12.2 Å². The Morgan fingerprint density at radius 2 is 2.28 bits per heavy atom. The van der Waals surface area contributed by atoms with Crippen LogP contribution in [0.15, 0.2) is 30.9 Å². The Labute approximate surface area is 105 Å². The predicted octanol–water partition coefficient (Wildman–Crippen LogP) is 1.17. The van der Waals surface area contributed by atoms with E-state index < -0.39 is 0 Å². The van der Waals surface area contributed by atoms with Crippen LogP contribution in [0, 0.1) is 0 Å². The highest BCUT2D eigenvalue weighted by atomic mass is 16.1. The highest BCUT2D eigenvalue weighted by Gasteiger charge is 2.06. The number of hydrogen-bond acceptors (Lipinski definition) is 4. The first-order valence-electron chi connectivity index (χ1n) is 5.75.